The van der Waals surface area contributed by atoms with Gasteiger partial charge in [-0.2, -0.15) is 0 Å². The van der Waals surface area contributed by atoms with Crippen LogP contribution in [0.5, 0.6) is 0 Å². The van der Waals surface area contributed by atoms with Crippen LogP contribution in [0.15, 0.2) is 48.5 Å². The molecule has 0 bridgehead atoms. The molecule has 5 heteroatoms. The van der Waals surface area contributed by atoms with Gasteiger partial charge in [-0.15, -0.1) is 0 Å². The van der Waals surface area contributed by atoms with Crippen LogP contribution < -0.4 is 10.6 Å². The summed E-state index contributed by atoms with van der Waals surface area (Å²) in [6.07, 6.45) is 0. The molecule has 2 N–H and O–H groups in total. The highest BCUT2D eigenvalue weighted by Crippen LogP contribution is 2.22. The maximum absolute atomic E-state index is 13.0. The van der Waals surface area contributed by atoms with Gasteiger partial charge in [-0.1, -0.05) is 41.9 Å². The zero-order valence-corrected chi connectivity index (χ0v) is 13.2. The van der Waals surface area contributed by atoms with Crippen molar-refractivity contribution in [1.82, 2.24) is 5.32 Å². The fourth-order valence-electron chi connectivity index (χ4n) is 2.12. The molecule has 116 valence electrons. The topological polar surface area (TPSA) is 41.1 Å². The van der Waals surface area contributed by atoms with Gasteiger partial charge in [0.2, 0.25) is 5.91 Å². The molecule has 0 aliphatic rings. The Morgan fingerprint density at radius 1 is 1.14 bits per heavy atom. The van der Waals surface area contributed by atoms with E-state index in [9.17, 15) is 9.18 Å². The maximum atomic E-state index is 13.0. The number of carbonyl (C=O) groups is 1. The van der Waals surface area contributed by atoms with Crippen molar-refractivity contribution < 1.29 is 9.18 Å². The number of amides is 1. The molecule has 2 aromatic carbocycles. The van der Waals surface area contributed by atoms with Crippen molar-refractivity contribution in [3.05, 3.63) is 64.9 Å². The van der Waals surface area contributed by atoms with E-state index in [-0.39, 0.29) is 17.0 Å². The highest BCUT2D eigenvalue weighted by atomic mass is 35.5. The van der Waals surface area contributed by atoms with Crippen molar-refractivity contribution in [2.75, 3.05) is 5.32 Å². The van der Waals surface area contributed by atoms with Gasteiger partial charge < -0.3 is 5.32 Å². The van der Waals surface area contributed by atoms with Gasteiger partial charge in [0.1, 0.15) is 5.82 Å². The van der Waals surface area contributed by atoms with Crippen LogP contribution in [0.2, 0.25) is 5.02 Å². The summed E-state index contributed by atoms with van der Waals surface area (Å²) in [5.41, 5.74) is 1.50. The number of rotatable bonds is 5. The van der Waals surface area contributed by atoms with E-state index < -0.39 is 11.9 Å². The lowest BCUT2D eigenvalue weighted by Gasteiger charge is -2.20. The van der Waals surface area contributed by atoms with Gasteiger partial charge in [0.25, 0.3) is 0 Å². The summed E-state index contributed by atoms with van der Waals surface area (Å²) in [6, 6.07) is 13.3. The molecule has 0 unspecified atom stereocenters. The standard InChI is InChI=1S/C17H18ClFN2O/c1-11(13-6-4-3-5-7-13)20-12(2)17(22)21-16-9-8-14(19)10-15(16)18/h3-12,20H,1-2H3,(H,21,22)/t11-,12+/m0/s1. The van der Waals surface area contributed by atoms with Crippen LogP contribution in [0.4, 0.5) is 10.1 Å². The molecule has 0 fully saturated rings. The number of hydrogen-bond donors (Lipinski definition) is 2. The zero-order chi connectivity index (χ0) is 16.1. The van der Waals surface area contributed by atoms with Crippen molar-refractivity contribution in [3.8, 4) is 0 Å². The van der Waals surface area contributed by atoms with Crippen LogP contribution in [0, 0.1) is 5.82 Å². The molecular weight excluding hydrogens is 303 g/mol. The first-order valence-corrected chi connectivity index (χ1v) is 7.42. The number of hydrogen-bond acceptors (Lipinski definition) is 2. The van der Waals surface area contributed by atoms with Gasteiger partial charge in [-0.3, -0.25) is 10.1 Å². The molecule has 3 nitrogen and oxygen atoms in total. The maximum Gasteiger partial charge on any atom is 0.241 e. The summed E-state index contributed by atoms with van der Waals surface area (Å²) in [4.78, 5) is 12.2. The normalized spacial score (nSPS) is 13.5. The highest BCUT2D eigenvalue weighted by molar-refractivity contribution is 6.33. The molecular formula is C17H18ClFN2O. The molecule has 0 aliphatic carbocycles. The number of nitrogens with one attached hydrogen (secondary N) is 2. The third-order valence-electron chi connectivity index (χ3n) is 3.38. The van der Waals surface area contributed by atoms with Gasteiger partial charge in [0.05, 0.1) is 16.8 Å². The lowest BCUT2D eigenvalue weighted by atomic mass is 10.1. The molecule has 2 atom stereocenters. The predicted molar refractivity (Wildman–Crippen MR) is 87.5 cm³/mol. The Morgan fingerprint density at radius 2 is 1.82 bits per heavy atom. The molecule has 0 saturated carbocycles. The fourth-order valence-corrected chi connectivity index (χ4v) is 2.33. The zero-order valence-electron chi connectivity index (χ0n) is 12.4. The van der Waals surface area contributed by atoms with Crippen LogP contribution >= 0.6 is 11.6 Å². The third-order valence-corrected chi connectivity index (χ3v) is 3.69. The average molecular weight is 321 g/mol. The molecule has 0 heterocycles. The Hall–Kier alpha value is -1.91. The molecule has 0 spiro atoms. The predicted octanol–water partition coefficient (Wildman–Crippen LogP) is 4.16. The quantitative estimate of drug-likeness (QED) is 0.868. The van der Waals surface area contributed by atoms with E-state index in [2.05, 4.69) is 10.6 Å². The fraction of sp³-hybridized carbons (Fsp3) is 0.235. The minimum Gasteiger partial charge on any atom is -0.323 e. The minimum atomic E-state index is -0.438. The largest absolute Gasteiger partial charge is 0.323 e. The van der Waals surface area contributed by atoms with Crippen molar-refractivity contribution in [3.63, 3.8) is 0 Å². The second-order valence-electron chi connectivity index (χ2n) is 5.13. The number of halogens is 2. The smallest absolute Gasteiger partial charge is 0.241 e. The molecule has 0 radical (unpaired) electrons. The summed E-state index contributed by atoms with van der Waals surface area (Å²) >= 11 is 5.90. The highest BCUT2D eigenvalue weighted by Gasteiger charge is 2.17. The summed E-state index contributed by atoms with van der Waals surface area (Å²) in [5, 5.41) is 6.09. The number of benzene rings is 2. The first-order chi connectivity index (χ1) is 10.5. The lowest BCUT2D eigenvalue weighted by molar-refractivity contribution is -0.117. The van der Waals surface area contributed by atoms with E-state index in [1.807, 2.05) is 37.3 Å². The lowest BCUT2D eigenvalue weighted by Crippen LogP contribution is -2.39. The van der Waals surface area contributed by atoms with Crippen molar-refractivity contribution in [1.29, 1.82) is 0 Å². The Balaban J connectivity index is 1.97. The summed E-state index contributed by atoms with van der Waals surface area (Å²) in [6.45, 7) is 3.76. The molecule has 2 rings (SSSR count). The monoisotopic (exact) mass is 320 g/mol. The summed E-state index contributed by atoms with van der Waals surface area (Å²) in [5.74, 6) is -0.664. The third kappa shape index (κ3) is 4.29. The minimum absolute atomic E-state index is 0.0330. The number of carbonyl (C=O) groups excluding carboxylic acids is 1. The SMILES string of the molecule is C[C@H](N[C@H](C)C(=O)Nc1ccc(F)cc1Cl)c1ccccc1. The number of anilines is 1. The van der Waals surface area contributed by atoms with Gasteiger partial charge in [-0.05, 0) is 37.6 Å². The average Bonchev–Trinajstić information content (AvgIpc) is 2.50. The summed E-state index contributed by atoms with van der Waals surface area (Å²) in [7, 11) is 0. The van der Waals surface area contributed by atoms with E-state index in [1.165, 1.54) is 18.2 Å². The summed E-state index contributed by atoms with van der Waals surface area (Å²) < 4.78 is 13.0. The first-order valence-electron chi connectivity index (χ1n) is 7.04. The molecule has 0 aliphatic heterocycles. The van der Waals surface area contributed by atoms with Gasteiger partial charge >= 0.3 is 0 Å². The van der Waals surface area contributed by atoms with Crippen LogP contribution in [-0.2, 0) is 4.79 Å². The van der Waals surface area contributed by atoms with Crippen LogP contribution in [0.3, 0.4) is 0 Å². The van der Waals surface area contributed by atoms with Crippen molar-refractivity contribution >= 4 is 23.2 Å². The van der Waals surface area contributed by atoms with E-state index >= 15 is 0 Å². The van der Waals surface area contributed by atoms with Crippen LogP contribution in [0.1, 0.15) is 25.5 Å². The Bertz CT molecular complexity index is 648. The molecule has 0 saturated heterocycles. The Labute approximate surface area is 134 Å². The molecule has 1 amide bonds. The van der Waals surface area contributed by atoms with Gasteiger partial charge in [-0.25, -0.2) is 4.39 Å². The second-order valence-corrected chi connectivity index (χ2v) is 5.54. The second kappa shape index (κ2) is 7.38. The van der Waals surface area contributed by atoms with E-state index in [0.29, 0.717) is 5.69 Å². The first kappa shape index (κ1) is 16.5. The Kier molecular flexibility index (Phi) is 5.52. The Morgan fingerprint density at radius 3 is 2.45 bits per heavy atom. The molecule has 22 heavy (non-hydrogen) atoms. The van der Waals surface area contributed by atoms with E-state index in [0.717, 1.165) is 5.56 Å². The van der Waals surface area contributed by atoms with E-state index in [4.69, 9.17) is 11.6 Å². The van der Waals surface area contributed by atoms with E-state index in [1.54, 1.807) is 6.92 Å². The van der Waals surface area contributed by atoms with Crippen LogP contribution in [-0.4, -0.2) is 11.9 Å². The molecule has 2 aromatic rings. The van der Waals surface area contributed by atoms with Gasteiger partial charge in [0, 0.05) is 6.04 Å². The van der Waals surface area contributed by atoms with Crippen molar-refractivity contribution in [2.24, 2.45) is 0 Å². The molecule has 0 aromatic heterocycles. The van der Waals surface area contributed by atoms with Crippen molar-refractivity contribution in [2.45, 2.75) is 25.9 Å². The van der Waals surface area contributed by atoms with Gasteiger partial charge in [0.15, 0.2) is 0 Å². The van der Waals surface area contributed by atoms with Crippen LogP contribution in [0.25, 0.3) is 0 Å².